The molecule has 0 atom stereocenters. The molecule has 5 N–H and O–H groups in total. The van der Waals surface area contributed by atoms with Gasteiger partial charge in [0.2, 0.25) is 6.29 Å². The van der Waals surface area contributed by atoms with Crippen molar-refractivity contribution < 1.29 is 29.0 Å². The number of carboxylic acid groups (broad SMARTS) is 1. The highest BCUT2D eigenvalue weighted by atomic mass is 31.2. The number of aldehydes is 1. The molecule has 0 heterocycles. The fraction of sp³-hybridized carbons (Fsp3) is 0.333. The van der Waals surface area contributed by atoms with Crippen molar-refractivity contribution >= 4 is 19.9 Å². The third-order valence-corrected chi connectivity index (χ3v) is 0.814. The molecule has 0 aromatic carbocycles. The third kappa shape index (κ3) is 26.9. The Labute approximate surface area is 62.0 Å². The molecule has 0 bridgehead atoms. The van der Waals surface area contributed by atoms with Gasteiger partial charge < -0.3 is 20.6 Å². The molecule has 11 heavy (non-hydrogen) atoms. The van der Waals surface area contributed by atoms with E-state index in [1.54, 1.807) is 0 Å². The minimum atomic E-state index is -3.87. The third-order valence-electron chi connectivity index (χ3n) is 0.339. The van der Waals surface area contributed by atoms with E-state index in [-0.39, 0.29) is 6.29 Å². The maximum Gasteiger partial charge on any atom is 0.368 e. The fourth-order valence-corrected chi connectivity index (χ4v) is 0. The molecule has 0 saturated carbocycles. The summed E-state index contributed by atoms with van der Waals surface area (Å²) in [5.41, 5.74) is 4.54. The molecule has 0 fully saturated rings. The van der Waals surface area contributed by atoms with Gasteiger partial charge in [0.25, 0.3) is 0 Å². The number of rotatable bonds is 2. The van der Waals surface area contributed by atoms with Crippen molar-refractivity contribution in [1.29, 1.82) is 0 Å². The molecular weight excluding hydrogens is 177 g/mol. The Hall–Kier alpha value is -0.750. The molecule has 0 spiro atoms. The molecule has 0 rings (SSSR count). The van der Waals surface area contributed by atoms with Gasteiger partial charge in [0.05, 0.1) is 6.29 Å². The Bertz CT molecular complexity index is 173. The molecule has 0 aromatic heterocycles. The zero-order chi connectivity index (χ0) is 9.49. The van der Waals surface area contributed by atoms with Crippen molar-refractivity contribution in [3.63, 3.8) is 0 Å². The van der Waals surface area contributed by atoms with Crippen LogP contribution in [0, 0.1) is 0 Å². The van der Waals surface area contributed by atoms with Gasteiger partial charge in [-0.3, -0.25) is 9.36 Å². The van der Waals surface area contributed by atoms with E-state index in [0.717, 1.165) is 0 Å². The summed E-state index contributed by atoms with van der Waals surface area (Å²) in [6.45, 7) is 0. The molecule has 0 aliphatic heterocycles. The summed E-state index contributed by atoms with van der Waals surface area (Å²) in [5, 5.41) is 7.35. The van der Waals surface area contributed by atoms with Crippen LogP contribution in [0.4, 0.5) is 0 Å². The van der Waals surface area contributed by atoms with Gasteiger partial charge in [-0.05, 0) is 0 Å². The van der Waals surface area contributed by atoms with Crippen molar-refractivity contribution in [2.24, 2.45) is 5.73 Å². The summed E-state index contributed by atoms with van der Waals surface area (Å²) >= 11 is 0. The molecule has 0 amide bonds. The first-order valence-electron chi connectivity index (χ1n) is 2.26. The van der Waals surface area contributed by atoms with E-state index in [9.17, 15) is 4.57 Å². The zero-order valence-corrected chi connectivity index (χ0v) is 6.27. The Morgan fingerprint density at radius 1 is 1.55 bits per heavy atom. The van der Waals surface area contributed by atoms with Gasteiger partial charge in [-0.1, -0.05) is 0 Å². The first-order valence-corrected chi connectivity index (χ1v) is 4.06. The van der Waals surface area contributed by atoms with Gasteiger partial charge in [-0.2, -0.15) is 0 Å². The van der Waals surface area contributed by atoms with Gasteiger partial charge in [-0.25, -0.2) is 4.79 Å². The average molecular weight is 185 g/mol. The van der Waals surface area contributed by atoms with Gasteiger partial charge in [0, 0.05) is 0 Å². The number of nitrogens with two attached hydrogens (primary N) is 1. The monoisotopic (exact) mass is 185 g/mol. The predicted octanol–water partition coefficient (Wildman–Crippen LogP) is -1.65. The second kappa shape index (κ2) is 5.99. The smallest absolute Gasteiger partial charge is 0.368 e. The zero-order valence-electron chi connectivity index (χ0n) is 5.38. The molecule has 7 nitrogen and oxygen atoms in total. The van der Waals surface area contributed by atoms with Crippen LogP contribution in [0.25, 0.3) is 0 Å². The summed E-state index contributed by atoms with van der Waals surface area (Å²) in [5.74, 6) is -1.43. The topological polar surface area (TPSA) is 138 Å². The van der Waals surface area contributed by atoms with Crippen molar-refractivity contribution in [2.45, 2.75) is 0 Å². The number of carbonyl (C=O) groups is 2. The lowest BCUT2D eigenvalue weighted by molar-refractivity contribution is -0.143. The quantitative estimate of drug-likeness (QED) is 0.229. The molecule has 66 valence electrons. The maximum atomic E-state index is 9.57. The van der Waals surface area contributed by atoms with Crippen LogP contribution in [0.2, 0.25) is 0 Å². The number of carboxylic acids is 1. The summed E-state index contributed by atoms with van der Waals surface area (Å²) in [6.07, 6.45) is -0.729. The van der Waals surface area contributed by atoms with E-state index >= 15 is 0 Å². The Kier molecular flexibility index (Phi) is 7.02. The summed E-state index contributed by atoms with van der Waals surface area (Å²) < 4.78 is 9.57. The van der Waals surface area contributed by atoms with E-state index < -0.39 is 19.9 Å². The van der Waals surface area contributed by atoms with E-state index in [4.69, 9.17) is 24.5 Å². The summed E-state index contributed by atoms with van der Waals surface area (Å²) in [4.78, 5) is 33.5. The van der Waals surface area contributed by atoms with Gasteiger partial charge in [-0.15, -0.1) is 0 Å². The van der Waals surface area contributed by atoms with Gasteiger partial charge >= 0.3 is 13.6 Å². The fourth-order valence-electron chi connectivity index (χ4n) is 0. The summed E-state index contributed by atoms with van der Waals surface area (Å²) in [7, 11) is -3.87. The molecule has 0 radical (unpaired) electrons. The van der Waals surface area contributed by atoms with Crippen LogP contribution in [-0.2, 0) is 14.2 Å². The normalized spacial score (nSPS) is 9.36. The Balaban J connectivity index is 0. The largest absolute Gasteiger partial charge is 0.476 e. The summed E-state index contributed by atoms with van der Waals surface area (Å²) in [6, 6.07) is 0. The first-order chi connectivity index (χ1) is 4.83. The van der Waals surface area contributed by atoms with Crippen LogP contribution >= 0.6 is 7.60 Å². The lowest BCUT2D eigenvalue weighted by Gasteiger charge is -1.92. The molecule has 0 saturated heterocycles. The highest BCUT2D eigenvalue weighted by Gasteiger charge is 2.05. The number of carbonyl (C=O) groups excluding carboxylic acids is 1. The SMILES string of the molecule is NCP(=O)(O)O.O=CC(=O)O. The molecule has 0 unspecified atom stereocenters. The van der Waals surface area contributed by atoms with E-state index in [1.165, 1.54) is 0 Å². The van der Waals surface area contributed by atoms with Crippen molar-refractivity contribution in [2.75, 3.05) is 6.29 Å². The maximum absolute atomic E-state index is 9.57. The van der Waals surface area contributed by atoms with Crippen LogP contribution < -0.4 is 5.73 Å². The van der Waals surface area contributed by atoms with Crippen LogP contribution in [-0.4, -0.2) is 33.4 Å². The molecule has 0 aliphatic rings. The average Bonchev–Trinajstić information content (AvgIpc) is 1.88. The molecule has 8 heteroatoms. The second-order valence-corrected chi connectivity index (χ2v) is 3.00. The van der Waals surface area contributed by atoms with Gasteiger partial charge in [0.15, 0.2) is 0 Å². The lowest BCUT2D eigenvalue weighted by atomic mass is 10.8. The van der Waals surface area contributed by atoms with Crippen molar-refractivity contribution in [1.82, 2.24) is 0 Å². The van der Waals surface area contributed by atoms with E-state index in [1.807, 2.05) is 0 Å². The minimum Gasteiger partial charge on any atom is -0.476 e. The number of hydrogen-bond acceptors (Lipinski definition) is 4. The predicted molar refractivity (Wildman–Crippen MR) is 34.8 cm³/mol. The molecular formula is C3H8NO6P. The molecule has 0 aliphatic carbocycles. The van der Waals surface area contributed by atoms with E-state index in [2.05, 4.69) is 5.73 Å². The van der Waals surface area contributed by atoms with Crippen LogP contribution in [0.5, 0.6) is 0 Å². The highest BCUT2D eigenvalue weighted by Crippen LogP contribution is 2.30. The van der Waals surface area contributed by atoms with Crippen molar-refractivity contribution in [3.8, 4) is 0 Å². The highest BCUT2D eigenvalue weighted by molar-refractivity contribution is 7.51. The number of aliphatic carboxylic acids is 1. The second-order valence-electron chi connectivity index (χ2n) is 1.30. The first kappa shape index (κ1) is 12.9. The Morgan fingerprint density at radius 3 is 1.73 bits per heavy atom. The van der Waals surface area contributed by atoms with E-state index in [0.29, 0.717) is 0 Å². The van der Waals surface area contributed by atoms with Crippen molar-refractivity contribution in [3.05, 3.63) is 0 Å². The van der Waals surface area contributed by atoms with Crippen LogP contribution in [0.15, 0.2) is 0 Å². The standard InChI is InChI=1S/C2H2O3.CH6NO3P/c3-1-2(4)5;2-1-6(3,4)5/h1H,(H,4,5);1-2H2,(H2,3,4,5). The van der Waals surface area contributed by atoms with Crippen LogP contribution in [0.1, 0.15) is 0 Å². The minimum absolute atomic E-state index is 0.167. The number of hydrogen-bond donors (Lipinski definition) is 4. The lowest BCUT2D eigenvalue weighted by Crippen LogP contribution is -1.97. The Morgan fingerprint density at radius 2 is 1.73 bits per heavy atom. The van der Waals surface area contributed by atoms with Gasteiger partial charge in [0.1, 0.15) is 0 Å². The van der Waals surface area contributed by atoms with Crippen LogP contribution in [0.3, 0.4) is 0 Å². The molecule has 0 aromatic rings.